The highest BCUT2D eigenvalue weighted by Crippen LogP contribution is 2.43. The van der Waals surface area contributed by atoms with E-state index in [1.54, 1.807) is 5.19 Å². The van der Waals surface area contributed by atoms with Gasteiger partial charge in [-0.15, -0.1) is 0 Å². The summed E-state index contributed by atoms with van der Waals surface area (Å²) in [5, 5.41) is 11.5. The fourth-order valence-electron chi connectivity index (χ4n) is 5.56. The van der Waals surface area contributed by atoms with Crippen LogP contribution in [0.1, 0.15) is 58.3 Å². The molecular formula is C23H38O2Si. The minimum absolute atomic E-state index is 0.0181. The minimum atomic E-state index is -1.36. The summed E-state index contributed by atoms with van der Waals surface area (Å²) >= 11 is 0. The predicted molar refractivity (Wildman–Crippen MR) is 113 cm³/mol. The molecule has 2 nitrogen and oxygen atoms in total. The molecule has 2 fully saturated rings. The second kappa shape index (κ2) is 9.52. The van der Waals surface area contributed by atoms with Gasteiger partial charge in [0, 0.05) is 7.11 Å². The van der Waals surface area contributed by atoms with Crippen molar-refractivity contribution in [3.63, 3.8) is 0 Å². The smallest absolute Gasteiger partial charge is 0.0867 e. The maximum Gasteiger partial charge on any atom is 0.0867 e. The predicted octanol–water partition coefficient (Wildman–Crippen LogP) is 5.12. The van der Waals surface area contributed by atoms with Crippen LogP contribution in [0.3, 0.4) is 0 Å². The molecule has 2 aliphatic rings. The first-order valence-corrected chi connectivity index (χ1v) is 13.5. The molecule has 1 aromatic carbocycles. The van der Waals surface area contributed by atoms with Crippen molar-refractivity contribution in [3.8, 4) is 0 Å². The zero-order valence-electron chi connectivity index (χ0n) is 16.8. The number of methoxy groups -OCH3 is 1. The molecule has 0 amide bonds. The lowest BCUT2D eigenvalue weighted by molar-refractivity contribution is 0.0879. The second-order valence-electron chi connectivity index (χ2n) is 8.99. The van der Waals surface area contributed by atoms with Gasteiger partial charge in [-0.3, -0.25) is 0 Å². The summed E-state index contributed by atoms with van der Waals surface area (Å²) in [5.74, 6) is 1.81. The van der Waals surface area contributed by atoms with E-state index in [1.807, 2.05) is 7.11 Å². The Hall–Kier alpha value is -0.643. The van der Waals surface area contributed by atoms with Gasteiger partial charge in [0.15, 0.2) is 0 Å². The number of hydrogen-bond donors (Lipinski definition) is 1. The first-order valence-electron chi connectivity index (χ1n) is 10.9. The SMILES string of the molecule is COC(C)CCC[Si]1(c2ccccc2)CCC(C2CCC(O)CC2)CC1. The van der Waals surface area contributed by atoms with Gasteiger partial charge in [0.05, 0.1) is 20.3 Å². The highest BCUT2D eigenvalue weighted by atomic mass is 28.3. The Bertz CT molecular complexity index is 516. The maximum absolute atomic E-state index is 9.82. The summed E-state index contributed by atoms with van der Waals surface area (Å²) in [6, 6.07) is 15.9. The van der Waals surface area contributed by atoms with Crippen molar-refractivity contribution in [2.45, 2.75) is 88.6 Å². The van der Waals surface area contributed by atoms with Crippen molar-refractivity contribution in [1.82, 2.24) is 0 Å². The number of aliphatic hydroxyl groups is 1. The average molecular weight is 375 g/mol. The first-order chi connectivity index (χ1) is 12.6. The van der Waals surface area contributed by atoms with Crippen molar-refractivity contribution in [1.29, 1.82) is 0 Å². The van der Waals surface area contributed by atoms with Crippen molar-refractivity contribution in [3.05, 3.63) is 30.3 Å². The number of benzene rings is 1. The number of aliphatic hydroxyl groups excluding tert-OH is 1. The van der Waals surface area contributed by atoms with Crippen LogP contribution in [0.5, 0.6) is 0 Å². The van der Waals surface area contributed by atoms with E-state index in [1.165, 1.54) is 56.7 Å². The van der Waals surface area contributed by atoms with Gasteiger partial charge in [-0.05, 0) is 50.9 Å². The van der Waals surface area contributed by atoms with Crippen LogP contribution in [-0.4, -0.2) is 32.5 Å². The average Bonchev–Trinajstić information content (AvgIpc) is 2.70. The molecule has 1 saturated heterocycles. The molecule has 0 spiro atoms. The van der Waals surface area contributed by atoms with Gasteiger partial charge in [-0.25, -0.2) is 0 Å². The highest BCUT2D eigenvalue weighted by molar-refractivity contribution is 6.92. The lowest BCUT2D eigenvalue weighted by Gasteiger charge is -2.43. The molecule has 1 aliphatic carbocycles. The number of ether oxygens (including phenoxy) is 1. The van der Waals surface area contributed by atoms with E-state index in [2.05, 4.69) is 37.3 Å². The fraction of sp³-hybridized carbons (Fsp3) is 0.739. The summed E-state index contributed by atoms with van der Waals surface area (Å²) in [4.78, 5) is 0. The molecule has 26 heavy (non-hydrogen) atoms. The molecule has 1 aliphatic heterocycles. The molecule has 0 bridgehead atoms. The van der Waals surface area contributed by atoms with Crippen molar-refractivity contribution in [2.24, 2.45) is 11.8 Å². The van der Waals surface area contributed by atoms with Crippen LogP contribution >= 0.6 is 0 Å². The molecule has 1 aromatic rings. The van der Waals surface area contributed by atoms with Crippen LogP contribution in [-0.2, 0) is 4.74 Å². The number of hydrogen-bond acceptors (Lipinski definition) is 2. The highest BCUT2D eigenvalue weighted by Gasteiger charge is 2.40. The monoisotopic (exact) mass is 374 g/mol. The van der Waals surface area contributed by atoms with Crippen molar-refractivity contribution < 1.29 is 9.84 Å². The Labute approximate surface area is 161 Å². The van der Waals surface area contributed by atoms with Crippen molar-refractivity contribution in [2.75, 3.05) is 7.11 Å². The molecule has 1 saturated carbocycles. The Morgan fingerprint density at radius 2 is 1.62 bits per heavy atom. The van der Waals surface area contributed by atoms with E-state index >= 15 is 0 Å². The maximum atomic E-state index is 9.82. The topological polar surface area (TPSA) is 29.5 Å². The Morgan fingerprint density at radius 3 is 2.23 bits per heavy atom. The third-order valence-electron chi connectivity index (χ3n) is 7.45. The van der Waals surface area contributed by atoms with Gasteiger partial charge in [-0.1, -0.05) is 72.9 Å². The summed E-state index contributed by atoms with van der Waals surface area (Å²) in [5.41, 5.74) is 0. The van der Waals surface area contributed by atoms with Crippen LogP contribution < -0.4 is 5.19 Å². The molecule has 1 heterocycles. The number of rotatable bonds is 7. The van der Waals surface area contributed by atoms with Gasteiger partial charge < -0.3 is 9.84 Å². The van der Waals surface area contributed by atoms with E-state index in [9.17, 15) is 5.11 Å². The van der Waals surface area contributed by atoms with Crippen LogP contribution in [0.25, 0.3) is 0 Å². The van der Waals surface area contributed by atoms with Gasteiger partial charge >= 0.3 is 0 Å². The van der Waals surface area contributed by atoms with E-state index < -0.39 is 8.07 Å². The third-order valence-corrected chi connectivity index (χ3v) is 12.8. The summed E-state index contributed by atoms with van der Waals surface area (Å²) in [6.07, 6.45) is 10.3. The second-order valence-corrected chi connectivity index (χ2v) is 13.6. The van der Waals surface area contributed by atoms with E-state index in [0.717, 1.165) is 24.7 Å². The van der Waals surface area contributed by atoms with E-state index in [4.69, 9.17) is 4.74 Å². The normalized spacial score (nSPS) is 33.7. The Balaban J connectivity index is 1.62. The molecule has 3 rings (SSSR count). The van der Waals surface area contributed by atoms with Crippen LogP contribution in [0.15, 0.2) is 30.3 Å². The van der Waals surface area contributed by atoms with Crippen LogP contribution in [0.4, 0.5) is 0 Å². The van der Waals surface area contributed by atoms with Gasteiger partial charge in [-0.2, -0.15) is 0 Å². The van der Waals surface area contributed by atoms with Gasteiger partial charge in [0.1, 0.15) is 0 Å². The van der Waals surface area contributed by atoms with Crippen LogP contribution in [0, 0.1) is 11.8 Å². The zero-order chi connectivity index (χ0) is 18.4. The molecule has 1 N–H and O–H groups in total. The van der Waals surface area contributed by atoms with Crippen molar-refractivity contribution >= 4 is 13.3 Å². The van der Waals surface area contributed by atoms with E-state index in [-0.39, 0.29) is 6.10 Å². The summed E-state index contributed by atoms with van der Waals surface area (Å²) in [6.45, 7) is 2.20. The quantitative estimate of drug-likeness (QED) is 0.671. The lowest BCUT2D eigenvalue weighted by Crippen LogP contribution is -2.50. The summed E-state index contributed by atoms with van der Waals surface area (Å²) < 4.78 is 5.48. The molecule has 0 radical (unpaired) electrons. The molecular weight excluding hydrogens is 336 g/mol. The molecule has 146 valence electrons. The lowest BCUT2D eigenvalue weighted by atomic mass is 9.76. The fourth-order valence-corrected chi connectivity index (χ4v) is 10.8. The van der Waals surface area contributed by atoms with Gasteiger partial charge in [0.25, 0.3) is 0 Å². The Morgan fingerprint density at radius 1 is 1.00 bits per heavy atom. The molecule has 0 aromatic heterocycles. The van der Waals surface area contributed by atoms with Gasteiger partial charge in [0.2, 0.25) is 0 Å². The molecule has 1 unspecified atom stereocenters. The van der Waals surface area contributed by atoms with Crippen LogP contribution in [0.2, 0.25) is 18.1 Å². The minimum Gasteiger partial charge on any atom is -0.393 e. The first kappa shape index (κ1) is 20.1. The third kappa shape index (κ3) is 4.99. The Kier molecular flexibility index (Phi) is 7.36. The largest absolute Gasteiger partial charge is 0.393 e. The molecule has 1 atom stereocenters. The van der Waals surface area contributed by atoms with E-state index in [0.29, 0.717) is 6.10 Å². The standard InChI is InChI=1S/C23H38O2Si/c1-19(25-2)7-6-16-26(23-8-4-3-5-9-23)17-14-21(15-18-26)20-10-12-22(24)13-11-20/h3-5,8-9,19-22,24H,6-7,10-18H2,1-2H3. The summed E-state index contributed by atoms with van der Waals surface area (Å²) in [7, 11) is 0.473. The zero-order valence-corrected chi connectivity index (χ0v) is 17.8. The molecule has 3 heteroatoms.